The van der Waals surface area contributed by atoms with E-state index in [-0.39, 0.29) is 11.7 Å². The van der Waals surface area contributed by atoms with E-state index in [4.69, 9.17) is 10.5 Å². The summed E-state index contributed by atoms with van der Waals surface area (Å²) in [6.45, 7) is 1.84. The highest BCUT2D eigenvalue weighted by Gasteiger charge is 2.14. The van der Waals surface area contributed by atoms with Crippen LogP contribution < -0.4 is 15.4 Å². The van der Waals surface area contributed by atoms with Crippen molar-refractivity contribution < 1.29 is 14.3 Å². The number of nitrogens with zero attached hydrogens (tertiary/aromatic N) is 2. The monoisotopic (exact) mass is 417 g/mol. The fourth-order valence-corrected chi connectivity index (χ4v) is 3.40. The Balaban J connectivity index is 1.77. The number of hydrogen-bond acceptors (Lipinski definition) is 5. The lowest BCUT2D eigenvalue weighted by molar-refractivity contribution is -0.118. The number of nitrogen functional groups attached to an aromatic ring is 1. The predicted molar refractivity (Wildman–Crippen MR) is 123 cm³/mol. The molecule has 31 heavy (non-hydrogen) atoms. The summed E-state index contributed by atoms with van der Waals surface area (Å²) in [6, 6.07) is 16.9. The largest absolute Gasteiger partial charge is 0.496 e. The van der Waals surface area contributed by atoms with Crippen LogP contribution in [0.1, 0.15) is 35.7 Å². The number of aromatic nitrogens is 1. The molecule has 3 aromatic rings. The molecule has 1 amide bonds. The zero-order valence-corrected chi connectivity index (χ0v) is 18.1. The minimum absolute atomic E-state index is 0.0168. The first-order valence-electron chi connectivity index (χ1n) is 10.2. The molecule has 0 fully saturated rings. The summed E-state index contributed by atoms with van der Waals surface area (Å²) in [5, 5.41) is 0. The van der Waals surface area contributed by atoms with Crippen molar-refractivity contribution in [3.63, 3.8) is 0 Å². The first-order valence-corrected chi connectivity index (χ1v) is 10.2. The van der Waals surface area contributed by atoms with Crippen LogP contribution in [0.4, 0.5) is 11.5 Å². The summed E-state index contributed by atoms with van der Waals surface area (Å²) in [5.74, 6) is 1.15. The van der Waals surface area contributed by atoms with Gasteiger partial charge in [0.2, 0.25) is 5.91 Å². The van der Waals surface area contributed by atoms with E-state index >= 15 is 0 Å². The molecule has 2 aromatic carbocycles. The first kappa shape index (κ1) is 22.0. The number of nitrogens with two attached hydrogens (primary N) is 1. The Hall–Kier alpha value is -3.67. The standard InChI is InChI=1S/C25H27N3O3/c1-4-24(30)28(2)20-11-7-17(8-12-20)21-13-9-19(16-23(21)31-3)22(29)14-10-18-6-5-15-27-25(18)26/h5-9,11-13,15-16H,4,10,14H2,1-3H3,(H2,26,27). The summed E-state index contributed by atoms with van der Waals surface area (Å²) < 4.78 is 5.56. The lowest BCUT2D eigenvalue weighted by Gasteiger charge is -2.17. The number of Topliss-reactive ketones (excluding diaryl/α,β-unsaturated/α-hetero) is 1. The van der Waals surface area contributed by atoms with E-state index in [1.54, 1.807) is 31.3 Å². The Morgan fingerprint density at radius 2 is 1.84 bits per heavy atom. The average Bonchev–Trinajstić information content (AvgIpc) is 2.82. The molecule has 1 aromatic heterocycles. The van der Waals surface area contributed by atoms with E-state index in [0.29, 0.717) is 36.4 Å². The minimum atomic E-state index is 0.0168. The van der Waals surface area contributed by atoms with Crippen molar-refractivity contribution in [3.8, 4) is 16.9 Å². The summed E-state index contributed by atoms with van der Waals surface area (Å²) >= 11 is 0. The Labute approximate surface area is 182 Å². The molecule has 3 rings (SSSR count). The molecule has 160 valence electrons. The van der Waals surface area contributed by atoms with E-state index in [2.05, 4.69) is 4.98 Å². The molecular weight excluding hydrogens is 390 g/mol. The fraction of sp³-hybridized carbons (Fsp3) is 0.240. The molecular formula is C25H27N3O3. The fourth-order valence-electron chi connectivity index (χ4n) is 3.40. The van der Waals surface area contributed by atoms with Gasteiger partial charge in [-0.2, -0.15) is 0 Å². The van der Waals surface area contributed by atoms with Crippen LogP contribution in [0, 0.1) is 0 Å². The smallest absolute Gasteiger partial charge is 0.226 e. The molecule has 0 spiro atoms. The molecule has 6 heteroatoms. The predicted octanol–water partition coefficient (Wildman–Crippen LogP) is 4.53. The van der Waals surface area contributed by atoms with E-state index in [1.165, 1.54) is 0 Å². The lowest BCUT2D eigenvalue weighted by Crippen LogP contribution is -2.24. The van der Waals surface area contributed by atoms with Crippen LogP contribution in [-0.2, 0) is 11.2 Å². The van der Waals surface area contributed by atoms with Crippen molar-refractivity contribution in [2.24, 2.45) is 0 Å². The topological polar surface area (TPSA) is 85.5 Å². The SMILES string of the molecule is CCC(=O)N(C)c1ccc(-c2ccc(C(=O)CCc3cccnc3N)cc2OC)cc1. The molecule has 0 saturated carbocycles. The number of anilines is 2. The number of aryl methyl sites for hydroxylation is 1. The highest BCUT2D eigenvalue weighted by Crippen LogP contribution is 2.32. The van der Waals surface area contributed by atoms with Crippen LogP contribution in [0.15, 0.2) is 60.8 Å². The van der Waals surface area contributed by atoms with Crippen LogP contribution in [0.25, 0.3) is 11.1 Å². The highest BCUT2D eigenvalue weighted by atomic mass is 16.5. The molecule has 0 radical (unpaired) electrons. The molecule has 0 saturated heterocycles. The van der Waals surface area contributed by atoms with Crippen molar-refractivity contribution in [2.45, 2.75) is 26.2 Å². The van der Waals surface area contributed by atoms with Crippen molar-refractivity contribution in [3.05, 3.63) is 71.9 Å². The van der Waals surface area contributed by atoms with Gasteiger partial charge in [-0.3, -0.25) is 9.59 Å². The van der Waals surface area contributed by atoms with E-state index in [1.807, 2.05) is 55.5 Å². The van der Waals surface area contributed by atoms with Crippen LogP contribution in [0.5, 0.6) is 5.75 Å². The third-order valence-electron chi connectivity index (χ3n) is 5.31. The third-order valence-corrected chi connectivity index (χ3v) is 5.31. The summed E-state index contributed by atoms with van der Waals surface area (Å²) in [5.41, 5.74) is 9.98. The van der Waals surface area contributed by atoms with E-state index in [9.17, 15) is 9.59 Å². The maximum atomic E-state index is 12.7. The van der Waals surface area contributed by atoms with E-state index < -0.39 is 0 Å². The number of benzene rings is 2. The van der Waals surface area contributed by atoms with Crippen LogP contribution in [-0.4, -0.2) is 30.8 Å². The molecule has 0 atom stereocenters. The van der Waals surface area contributed by atoms with Gasteiger partial charge in [0.15, 0.2) is 5.78 Å². The number of hydrogen-bond donors (Lipinski definition) is 1. The number of rotatable bonds is 8. The van der Waals surface area contributed by atoms with Gasteiger partial charge in [-0.05, 0) is 47.9 Å². The summed E-state index contributed by atoms with van der Waals surface area (Å²) in [6.07, 6.45) is 2.96. The summed E-state index contributed by atoms with van der Waals surface area (Å²) in [7, 11) is 3.35. The van der Waals surface area contributed by atoms with Gasteiger partial charge in [0.05, 0.1) is 7.11 Å². The number of pyridine rings is 1. The van der Waals surface area contributed by atoms with E-state index in [0.717, 1.165) is 22.4 Å². The summed E-state index contributed by atoms with van der Waals surface area (Å²) in [4.78, 5) is 30.3. The van der Waals surface area contributed by atoms with Gasteiger partial charge < -0.3 is 15.4 Å². The molecule has 0 bridgehead atoms. The van der Waals surface area contributed by atoms with Gasteiger partial charge in [0, 0.05) is 42.9 Å². The number of carbonyl (C=O) groups is 2. The second-order valence-electron chi connectivity index (χ2n) is 7.24. The number of methoxy groups -OCH3 is 1. The van der Waals surface area contributed by atoms with Gasteiger partial charge in [-0.15, -0.1) is 0 Å². The average molecular weight is 418 g/mol. The first-order chi connectivity index (χ1) is 14.9. The molecule has 0 aliphatic rings. The Kier molecular flexibility index (Phi) is 7.03. The van der Waals surface area contributed by atoms with Crippen LogP contribution >= 0.6 is 0 Å². The second kappa shape index (κ2) is 9.89. The lowest BCUT2D eigenvalue weighted by atomic mass is 9.98. The maximum absolute atomic E-state index is 12.7. The minimum Gasteiger partial charge on any atom is -0.496 e. The van der Waals surface area contributed by atoms with Crippen LogP contribution in [0.3, 0.4) is 0 Å². The van der Waals surface area contributed by atoms with Crippen molar-refractivity contribution >= 4 is 23.2 Å². The Morgan fingerprint density at radius 3 is 2.48 bits per heavy atom. The zero-order valence-electron chi connectivity index (χ0n) is 18.1. The number of ether oxygens (including phenoxy) is 1. The molecule has 1 heterocycles. The Bertz CT molecular complexity index is 1080. The molecule has 0 aliphatic carbocycles. The number of ketones is 1. The Morgan fingerprint density at radius 1 is 1.10 bits per heavy atom. The maximum Gasteiger partial charge on any atom is 0.226 e. The normalized spacial score (nSPS) is 10.5. The molecule has 0 aliphatic heterocycles. The molecule has 2 N–H and O–H groups in total. The van der Waals surface area contributed by atoms with Gasteiger partial charge in [-0.25, -0.2) is 4.98 Å². The molecule has 0 unspecified atom stereocenters. The van der Waals surface area contributed by atoms with Gasteiger partial charge in [0.1, 0.15) is 11.6 Å². The number of amides is 1. The quantitative estimate of drug-likeness (QED) is 0.544. The zero-order chi connectivity index (χ0) is 22.4. The van der Waals surface area contributed by atoms with Gasteiger partial charge in [0.25, 0.3) is 0 Å². The van der Waals surface area contributed by atoms with Gasteiger partial charge in [-0.1, -0.05) is 31.2 Å². The second-order valence-corrected chi connectivity index (χ2v) is 7.24. The van der Waals surface area contributed by atoms with Crippen LogP contribution in [0.2, 0.25) is 0 Å². The molecule has 6 nitrogen and oxygen atoms in total. The van der Waals surface area contributed by atoms with Crippen molar-refractivity contribution in [1.82, 2.24) is 4.98 Å². The number of carbonyl (C=O) groups excluding carboxylic acids is 2. The third kappa shape index (κ3) is 5.09. The highest BCUT2D eigenvalue weighted by molar-refractivity contribution is 5.97. The van der Waals surface area contributed by atoms with Gasteiger partial charge >= 0.3 is 0 Å². The van der Waals surface area contributed by atoms with Crippen molar-refractivity contribution in [2.75, 3.05) is 24.8 Å². The van der Waals surface area contributed by atoms with Crippen molar-refractivity contribution in [1.29, 1.82) is 0 Å².